The van der Waals surface area contributed by atoms with E-state index >= 15 is 0 Å². The third kappa shape index (κ3) is 5.03. The van der Waals surface area contributed by atoms with Gasteiger partial charge >= 0.3 is 6.03 Å². The molecule has 0 spiro atoms. The SMILES string of the molecule is COc1ccc(/C=C2\C(=O)NC(=O)N(c3ccccc3Cl)C2=O)c(OCc2cccc([N+](=O)[O-])c2)c1. The van der Waals surface area contributed by atoms with Gasteiger partial charge in [-0.3, -0.25) is 25.0 Å². The van der Waals surface area contributed by atoms with Crippen LogP contribution in [0.5, 0.6) is 11.5 Å². The lowest BCUT2D eigenvalue weighted by molar-refractivity contribution is -0.384. The van der Waals surface area contributed by atoms with Gasteiger partial charge < -0.3 is 9.47 Å². The molecule has 0 saturated carbocycles. The van der Waals surface area contributed by atoms with Crippen molar-refractivity contribution in [3.05, 3.63) is 98.6 Å². The number of para-hydroxylation sites is 1. The average molecular weight is 508 g/mol. The Hall–Kier alpha value is -4.70. The van der Waals surface area contributed by atoms with Crippen molar-refractivity contribution in [1.29, 1.82) is 0 Å². The van der Waals surface area contributed by atoms with E-state index < -0.39 is 22.8 Å². The zero-order valence-corrected chi connectivity index (χ0v) is 19.5. The first-order chi connectivity index (χ1) is 17.3. The van der Waals surface area contributed by atoms with Crippen molar-refractivity contribution in [2.45, 2.75) is 6.61 Å². The Balaban J connectivity index is 1.69. The van der Waals surface area contributed by atoms with Crippen LogP contribution in [0.25, 0.3) is 6.08 Å². The molecule has 0 radical (unpaired) electrons. The molecule has 1 saturated heterocycles. The van der Waals surface area contributed by atoms with Crippen LogP contribution >= 0.6 is 11.6 Å². The van der Waals surface area contributed by atoms with E-state index in [-0.39, 0.29) is 34.3 Å². The molecule has 10 nitrogen and oxygen atoms in total. The number of amides is 4. The normalized spacial score (nSPS) is 14.6. The van der Waals surface area contributed by atoms with Gasteiger partial charge in [-0.05, 0) is 35.9 Å². The molecular weight excluding hydrogens is 490 g/mol. The maximum absolute atomic E-state index is 13.2. The summed E-state index contributed by atoms with van der Waals surface area (Å²) in [5.41, 5.74) is 0.593. The van der Waals surface area contributed by atoms with Gasteiger partial charge in [-0.25, -0.2) is 9.69 Å². The molecule has 0 unspecified atom stereocenters. The van der Waals surface area contributed by atoms with Crippen molar-refractivity contribution in [3.63, 3.8) is 0 Å². The van der Waals surface area contributed by atoms with Crippen LogP contribution in [0.3, 0.4) is 0 Å². The predicted molar refractivity (Wildman–Crippen MR) is 131 cm³/mol. The molecule has 3 aromatic carbocycles. The van der Waals surface area contributed by atoms with E-state index in [1.807, 2.05) is 0 Å². The van der Waals surface area contributed by atoms with Crippen LogP contribution in [0.15, 0.2) is 72.3 Å². The lowest BCUT2D eigenvalue weighted by Crippen LogP contribution is -2.54. The molecule has 3 aromatic rings. The highest BCUT2D eigenvalue weighted by Crippen LogP contribution is 2.31. The van der Waals surface area contributed by atoms with Crippen LogP contribution in [0.2, 0.25) is 5.02 Å². The number of barbiturate groups is 1. The van der Waals surface area contributed by atoms with Crippen LogP contribution in [0.4, 0.5) is 16.2 Å². The van der Waals surface area contributed by atoms with Crippen LogP contribution < -0.4 is 19.7 Å². The number of nitrogens with zero attached hydrogens (tertiary/aromatic N) is 2. The van der Waals surface area contributed by atoms with Crippen molar-refractivity contribution in [3.8, 4) is 11.5 Å². The van der Waals surface area contributed by atoms with E-state index in [1.54, 1.807) is 36.4 Å². The standard InChI is InChI=1S/C25H18ClN3O7/c1-35-18-10-9-16(22(13-18)36-14-15-5-4-6-17(11-15)29(33)34)12-19-23(30)27-25(32)28(24(19)31)21-8-3-2-7-20(21)26/h2-13H,14H2,1H3,(H,27,30,32)/b19-12+. The van der Waals surface area contributed by atoms with E-state index in [0.29, 0.717) is 16.9 Å². The Labute approximate surface area is 209 Å². The fraction of sp³-hybridized carbons (Fsp3) is 0.0800. The number of methoxy groups -OCH3 is 1. The maximum atomic E-state index is 13.2. The fourth-order valence-electron chi connectivity index (χ4n) is 3.47. The second-order valence-electron chi connectivity index (χ2n) is 7.53. The molecule has 1 aliphatic heterocycles. The summed E-state index contributed by atoms with van der Waals surface area (Å²) in [7, 11) is 1.46. The van der Waals surface area contributed by atoms with E-state index in [9.17, 15) is 24.5 Å². The highest BCUT2D eigenvalue weighted by molar-refractivity contribution is 6.42. The molecule has 1 fully saturated rings. The molecule has 0 atom stereocenters. The minimum absolute atomic E-state index is 0.0323. The third-order valence-corrected chi connectivity index (χ3v) is 5.55. The number of benzene rings is 3. The number of rotatable bonds is 7. The Morgan fingerprint density at radius 3 is 2.56 bits per heavy atom. The summed E-state index contributed by atoms with van der Waals surface area (Å²) < 4.78 is 11.1. The van der Waals surface area contributed by atoms with E-state index in [4.69, 9.17) is 21.1 Å². The highest BCUT2D eigenvalue weighted by atomic mass is 35.5. The molecule has 4 amide bonds. The second kappa shape index (κ2) is 10.3. The summed E-state index contributed by atoms with van der Waals surface area (Å²) in [5, 5.41) is 13.4. The highest BCUT2D eigenvalue weighted by Gasteiger charge is 2.37. The van der Waals surface area contributed by atoms with E-state index in [1.165, 1.54) is 43.5 Å². The zero-order valence-electron chi connectivity index (χ0n) is 18.8. The summed E-state index contributed by atoms with van der Waals surface area (Å²) in [5.74, 6) is -1.06. The molecule has 1 heterocycles. The molecule has 1 aliphatic rings. The summed E-state index contributed by atoms with van der Waals surface area (Å²) in [6.07, 6.45) is 1.29. The van der Waals surface area contributed by atoms with Crippen LogP contribution in [0, 0.1) is 10.1 Å². The molecule has 36 heavy (non-hydrogen) atoms. The first-order valence-electron chi connectivity index (χ1n) is 10.5. The molecule has 4 rings (SSSR count). The van der Waals surface area contributed by atoms with Gasteiger partial charge in [0.05, 0.1) is 22.7 Å². The molecule has 11 heteroatoms. The fourth-order valence-corrected chi connectivity index (χ4v) is 3.69. The van der Waals surface area contributed by atoms with Gasteiger partial charge in [-0.1, -0.05) is 35.9 Å². The van der Waals surface area contributed by atoms with Gasteiger partial charge in [0.15, 0.2) is 0 Å². The summed E-state index contributed by atoms with van der Waals surface area (Å²) in [6, 6.07) is 16.0. The Morgan fingerprint density at radius 1 is 1.06 bits per heavy atom. The smallest absolute Gasteiger partial charge is 0.335 e. The second-order valence-corrected chi connectivity index (χ2v) is 7.94. The number of nitro groups is 1. The van der Waals surface area contributed by atoms with Crippen molar-refractivity contribution in [2.75, 3.05) is 12.0 Å². The number of urea groups is 1. The minimum Gasteiger partial charge on any atom is -0.497 e. The number of nitro benzene ring substituents is 1. The quantitative estimate of drug-likeness (QED) is 0.216. The lowest BCUT2D eigenvalue weighted by Gasteiger charge is -2.27. The number of non-ortho nitro benzene ring substituents is 1. The summed E-state index contributed by atoms with van der Waals surface area (Å²) in [6.45, 7) is -0.0323. The first kappa shape index (κ1) is 24.4. The van der Waals surface area contributed by atoms with Crippen LogP contribution in [-0.4, -0.2) is 29.9 Å². The van der Waals surface area contributed by atoms with Gasteiger partial charge in [0, 0.05) is 23.8 Å². The van der Waals surface area contributed by atoms with Gasteiger partial charge in [0.2, 0.25) is 0 Å². The molecule has 1 N–H and O–H groups in total. The summed E-state index contributed by atoms with van der Waals surface area (Å²) >= 11 is 6.17. The van der Waals surface area contributed by atoms with Gasteiger partial charge in [-0.15, -0.1) is 0 Å². The van der Waals surface area contributed by atoms with Crippen molar-refractivity contribution in [2.24, 2.45) is 0 Å². The topological polar surface area (TPSA) is 128 Å². The number of carbonyl (C=O) groups excluding carboxylic acids is 3. The molecule has 0 aromatic heterocycles. The molecular formula is C25H18ClN3O7. The van der Waals surface area contributed by atoms with Gasteiger partial charge in [0.1, 0.15) is 23.7 Å². The molecule has 182 valence electrons. The Bertz CT molecular complexity index is 1420. The number of carbonyl (C=O) groups is 3. The Morgan fingerprint density at radius 2 is 1.83 bits per heavy atom. The molecule has 0 aliphatic carbocycles. The van der Waals surface area contributed by atoms with Crippen molar-refractivity contribution in [1.82, 2.24) is 5.32 Å². The summed E-state index contributed by atoms with van der Waals surface area (Å²) in [4.78, 5) is 49.6. The number of nitrogens with one attached hydrogen (secondary N) is 1. The first-order valence-corrected chi connectivity index (χ1v) is 10.9. The number of hydrogen-bond acceptors (Lipinski definition) is 7. The van der Waals surface area contributed by atoms with Crippen LogP contribution in [-0.2, 0) is 16.2 Å². The van der Waals surface area contributed by atoms with Gasteiger partial charge in [0.25, 0.3) is 17.5 Å². The predicted octanol–water partition coefficient (Wildman–Crippen LogP) is 4.50. The van der Waals surface area contributed by atoms with Crippen molar-refractivity contribution >= 4 is 46.9 Å². The van der Waals surface area contributed by atoms with Crippen LogP contribution in [0.1, 0.15) is 11.1 Å². The number of ether oxygens (including phenoxy) is 2. The molecule has 0 bridgehead atoms. The average Bonchev–Trinajstić information content (AvgIpc) is 2.86. The third-order valence-electron chi connectivity index (χ3n) is 5.23. The number of anilines is 1. The minimum atomic E-state index is -0.924. The monoisotopic (exact) mass is 507 g/mol. The lowest BCUT2D eigenvalue weighted by atomic mass is 10.1. The van der Waals surface area contributed by atoms with E-state index in [2.05, 4.69) is 5.32 Å². The van der Waals surface area contributed by atoms with E-state index in [0.717, 1.165) is 4.90 Å². The number of imide groups is 2. The number of halogens is 1. The van der Waals surface area contributed by atoms with Crippen molar-refractivity contribution < 1.29 is 28.8 Å². The Kier molecular flexibility index (Phi) is 6.98. The number of hydrogen-bond donors (Lipinski definition) is 1. The van der Waals surface area contributed by atoms with Gasteiger partial charge in [-0.2, -0.15) is 0 Å². The zero-order chi connectivity index (χ0) is 25.8. The largest absolute Gasteiger partial charge is 0.497 e. The maximum Gasteiger partial charge on any atom is 0.335 e.